The molecule has 0 bridgehead atoms. The number of fused-ring (bicyclic) bond motifs is 2. The average Bonchev–Trinajstić information content (AvgIpc) is 3.17. The molecule has 0 amide bonds. The SMILES string of the molecule is C1=C(c2ccccc2)NO[C@@H]1CN1c2ccccc2Sc2ccccc21. The summed E-state index contributed by atoms with van der Waals surface area (Å²) in [6, 6.07) is 27.4. The van der Waals surface area contributed by atoms with E-state index in [1.165, 1.54) is 21.2 Å². The molecule has 1 atom stereocenters. The fraction of sp³-hybridized carbons (Fsp3) is 0.0909. The van der Waals surface area contributed by atoms with Gasteiger partial charge in [0, 0.05) is 9.79 Å². The zero-order valence-corrected chi connectivity index (χ0v) is 14.9. The van der Waals surface area contributed by atoms with Gasteiger partial charge in [0.2, 0.25) is 0 Å². The van der Waals surface area contributed by atoms with Crippen LogP contribution in [0.2, 0.25) is 0 Å². The van der Waals surface area contributed by atoms with Gasteiger partial charge in [0.1, 0.15) is 6.10 Å². The van der Waals surface area contributed by atoms with E-state index in [2.05, 4.69) is 77.1 Å². The highest BCUT2D eigenvalue weighted by molar-refractivity contribution is 7.99. The highest BCUT2D eigenvalue weighted by atomic mass is 32.2. The molecule has 2 aliphatic heterocycles. The van der Waals surface area contributed by atoms with E-state index in [4.69, 9.17) is 4.84 Å². The Morgan fingerprint density at radius 1 is 0.808 bits per heavy atom. The molecule has 0 saturated carbocycles. The molecule has 0 radical (unpaired) electrons. The summed E-state index contributed by atoms with van der Waals surface area (Å²) < 4.78 is 0. The third-order valence-corrected chi connectivity index (χ3v) is 5.78. The molecule has 0 unspecified atom stereocenters. The largest absolute Gasteiger partial charge is 0.337 e. The van der Waals surface area contributed by atoms with Crippen molar-refractivity contribution in [2.45, 2.75) is 15.9 Å². The van der Waals surface area contributed by atoms with Crippen LogP contribution >= 0.6 is 11.8 Å². The highest BCUT2D eigenvalue weighted by Gasteiger charge is 2.27. The van der Waals surface area contributed by atoms with Gasteiger partial charge in [-0.15, -0.1) is 0 Å². The zero-order valence-electron chi connectivity index (χ0n) is 14.1. The molecule has 3 nitrogen and oxygen atoms in total. The Morgan fingerprint density at radius 3 is 2.12 bits per heavy atom. The minimum absolute atomic E-state index is 0.0191. The first-order valence-electron chi connectivity index (χ1n) is 8.71. The van der Waals surface area contributed by atoms with Crippen LogP contribution in [0.1, 0.15) is 5.56 Å². The van der Waals surface area contributed by atoms with E-state index in [0.29, 0.717) is 0 Å². The van der Waals surface area contributed by atoms with Gasteiger partial charge in [0.25, 0.3) is 0 Å². The third-order valence-electron chi connectivity index (χ3n) is 4.65. The molecular formula is C22H18N2OS. The summed E-state index contributed by atoms with van der Waals surface area (Å²) in [6.07, 6.45) is 2.15. The number of rotatable bonds is 3. The Bertz CT molecular complexity index is 925. The van der Waals surface area contributed by atoms with Crippen LogP contribution in [-0.4, -0.2) is 12.6 Å². The lowest BCUT2D eigenvalue weighted by Gasteiger charge is -2.33. The number of hydroxylamine groups is 1. The Labute approximate surface area is 157 Å². The van der Waals surface area contributed by atoms with Gasteiger partial charge >= 0.3 is 0 Å². The van der Waals surface area contributed by atoms with Crippen LogP contribution in [0, 0.1) is 0 Å². The molecule has 128 valence electrons. The maximum Gasteiger partial charge on any atom is 0.124 e. The first-order valence-corrected chi connectivity index (χ1v) is 9.52. The molecule has 3 aromatic rings. The van der Waals surface area contributed by atoms with E-state index in [1.54, 1.807) is 0 Å². The van der Waals surface area contributed by atoms with Gasteiger partial charge in [-0.25, -0.2) is 0 Å². The molecule has 2 heterocycles. The molecule has 4 heteroatoms. The zero-order chi connectivity index (χ0) is 17.3. The predicted molar refractivity (Wildman–Crippen MR) is 106 cm³/mol. The van der Waals surface area contributed by atoms with Crippen molar-refractivity contribution in [1.82, 2.24) is 5.48 Å². The predicted octanol–water partition coefficient (Wildman–Crippen LogP) is 5.23. The number of para-hydroxylation sites is 2. The quantitative estimate of drug-likeness (QED) is 0.692. The van der Waals surface area contributed by atoms with Crippen LogP contribution in [0.5, 0.6) is 0 Å². The van der Waals surface area contributed by atoms with Crippen LogP contribution in [0.3, 0.4) is 0 Å². The van der Waals surface area contributed by atoms with Crippen LogP contribution in [-0.2, 0) is 4.84 Å². The summed E-state index contributed by atoms with van der Waals surface area (Å²) in [6.45, 7) is 0.762. The van der Waals surface area contributed by atoms with Crippen molar-refractivity contribution in [2.24, 2.45) is 0 Å². The summed E-state index contributed by atoms with van der Waals surface area (Å²) in [5.41, 5.74) is 7.74. The molecule has 0 aliphatic carbocycles. The van der Waals surface area contributed by atoms with E-state index >= 15 is 0 Å². The lowest BCUT2D eigenvalue weighted by atomic mass is 10.1. The van der Waals surface area contributed by atoms with Crippen LogP contribution in [0.25, 0.3) is 5.70 Å². The molecule has 0 aromatic heterocycles. The Kier molecular flexibility index (Phi) is 3.92. The van der Waals surface area contributed by atoms with Gasteiger partial charge in [-0.3, -0.25) is 10.3 Å². The lowest BCUT2D eigenvalue weighted by Crippen LogP contribution is -2.30. The maximum atomic E-state index is 5.86. The van der Waals surface area contributed by atoms with Crippen LogP contribution in [0.15, 0.2) is 94.7 Å². The fourth-order valence-corrected chi connectivity index (χ4v) is 4.51. The van der Waals surface area contributed by atoms with E-state index < -0.39 is 0 Å². The fourth-order valence-electron chi connectivity index (χ4n) is 3.41. The van der Waals surface area contributed by atoms with Gasteiger partial charge in [-0.1, -0.05) is 66.4 Å². The molecule has 26 heavy (non-hydrogen) atoms. The van der Waals surface area contributed by atoms with Crippen LogP contribution < -0.4 is 10.4 Å². The molecular weight excluding hydrogens is 340 g/mol. The number of hydrogen-bond acceptors (Lipinski definition) is 4. The minimum Gasteiger partial charge on any atom is -0.337 e. The molecule has 1 N–H and O–H groups in total. The highest BCUT2D eigenvalue weighted by Crippen LogP contribution is 2.48. The van der Waals surface area contributed by atoms with E-state index in [1.807, 2.05) is 30.0 Å². The van der Waals surface area contributed by atoms with Crippen molar-refractivity contribution in [2.75, 3.05) is 11.4 Å². The van der Waals surface area contributed by atoms with Crippen molar-refractivity contribution in [3.05, 3.63) is 90.5 Å². The Hall–Kier alpha value is -2.69. The number of nitrogens with one attached hydrogen (secondary N) is 1. The average molecular weight is 358 g/mol. The summed E-state index contributed by atoms with van der Waals surface area (Å²) in [5.74, 6) is 0. The van der Waals surface area contributed by atoms with Crippen molar-refractivity contribution >= 4 is 28.8 Å². The summed E-state index contributed by atoms with van der Waals surface area (Å²) in [5, 5.41) is 0. The molecule has 0 fully saturated rings. The van der Waals surface area contributed by atoms with Crippen molar-refractivity contribution in [3.8, 4) is 0 Å². The molecule has 0 spiro atoms. The summed E-state index contributed by atoms with van der Waals surface area (Å²) in [4.78, 5) is 10.8. The number of nitrogens with zero attached hydrogens (tertiary/aromatic N) is 1. The summed E-state index contributed by atoms with van der Waals surface area (Å²) >= 11 is 1.83. The molecule has 2 aliphatic rings. The second-order valence-corrected chi connectivity index (χ2v) is 7.44. The standard InChI is InChI=1S/C22H18N2OS/c1-2-8-16(9-3-1)18-14-17(25-23-18)15-24-19-10-4-6-12-21(19)26-22-13-7-5-11-20(22)24/h1-14,17,23H,15H2/t17-/m0/s1. The number of hydrogen-bond donors (Lipinski definition) is 1. The van der Waals surface area contributed by atoms with Gasteiger partial charge in [-0.05, 0) is 35.9 Å². The Morgan fingerprint density at radius 2 is 1.42 bits per heavy atom. The first-order chi connectivity index (χ1) is 12.9. The molecule has 3 aromatic carbocycles. The molecule has 0 saturated heterocycles. The Balaban J connectivity index is 1.47. The lowest BCUT2D eigenvalue weighted by molar-refractivity contribution is 0.0566. The van der Waals surface area contributed by atoms with Crippen molar-refractivity contribution < 1.29 is 4.84 Å². The second kappa shape index (κ2) is 6.56. The van der Waals surface area contributed by atoms with Gasteiger partial charge in [0.05, 0.1) is 23.6 Å². The summed E-state index contributed by atoms with van der Waals surface area (Å²) in [7, 11) is 0. The van der Waals surface area contributed by atoms with Gasteiger partial charge in [0.15, 0.2) is 0 Å². The number of anilines is 2. The van der Waals surface area contributed by atoms with Crippen molar-refractivity contribution in [3.63, 3.8) is 0 Å². The van der Waals surface area contributed by atoms with Crippen LogP contribution in [0.4, 0.5) is 11.4 Å². The smallest absolute Gasteiger partial charge is 0.124 e. The monoisotopic (exact) mass is 358 g/mol. The minimum atomic E-state index is -0.0191. The second-order valence-electron chi connectivity index (χ2n) is 6.35. The van der Waals surface area contributed by atoms with E-state index in [9.17, 15) is 0 Å². The third kappa shape index (κ3) is 2.77. The van der Waals surface area contributed by atoms with Crippen molar-refractivity contribution in [1.29, 1.82) is 0 Å². The van der Waals surface area contributed by atoms with E-state index in [0.717, 1.165) is 17.8 Å². The van der Waals surface area contributed by atoms with Gasteiger partial charge in [-0.2, -0.15) is 0 Å². The topological polar surface area (TPSA) is 24.5 Å². The molecule has 5 rings (SSSR count). The first kappa shape index (κ1) is 15.6. The maximum absolute atomic E-state index is 5.86. The number of benzene rings is 3. The van der Waals surface area contributed by atoms with Gasteiger partial charge < -0.3 is 4.90 Å². The normalized spacial score (nSPS) is 17.9. The van der Waals surface area contributed by atoms with E-state index in [-0.39, 0.29) is 6.10 Å².